The van der Waals surface area contributed by atoms with Gasteiger partial charge in [0, 0.05) is 39.3 Å². The summed E-state index contributed by atoms with van der Waals surface area (Å²) in [7, 11) is 3.36. The molecule has 0 N–H and O–H groups in total. The fourth-order valence-electron chi connectivity index (χ4n) is 3.41. The number of benzene rings is 2. The van der Waals surface area contributed by atoms with Gasteiger partial charge in [-0.15, -0.1) is 0 Å². The lowest BCUT2D eigenvalue weighted by molar-refractivity contribution is 0.122. The summed E-state index contributed by atoms with van der Waals surface area (Å²) in [6.07, 6.45) is 0. The largest absolute Gasteiger partial charge is 0.493 e. The van der Waals surface area contributed by atoms with E-state index in [2.05, 4.69) is 53.1 Å². The predicted octanol–water partition coefficient (Wildman–Crippen LogP) is 3.33. The average molecular weight is 340 g/mol. The highest BCUT2D eigenvalue weighted by atomic mass is 16.5. The fourth-order valence-corrected chi connectivity index (χ4v) is 3.41. The molecule has 134 valence electrons. The normalized spacial score (nSPS) is 16.0. The van der Waals surface area contributed by atoms with Crippen molar-refractivity contribution in [3.63, 3.8) is 0 Å². The molecule has 4 nitrogen and oxygen atoms in total. The molecule has 3 rings (SSSR count). The molecule has 1 aliphatic rings. The van der Waals surface area contributed by atoms with Gasteiger partial charge in [0.15, 0.2) is 11.5 Å². The summed E-state index contributed by atoms with van der Waals surface area (Å²) in [5.74, 6) is 1.59. The highest BCUT2D eigenvalue weighted by Gasteiger charge is 2.17. The van der Waals surface area contributed by atoms with Crippen LogP contribution in [0.4, 0.5) is 0 Å². The minimum absolute atomic E-state index is 0.786. The molecule has 0 radical (unpaired) electrons. The van der Waals surface area contributed by atoms with E-state index in [9.17, 15) is 0 Å². The zero-order valence-electron chi connectivity index (χ0n) is 15.5. The van der Waals surface area contributed by atoms with Gasteiger partial charge >= 0.3 is 0 Å². The highest BCUT2D eigenvalue weighted by Crippen LogP contribution is 2.28. The highest BCUT2D eigenvalue weighted by molar-refractivity contribution is 5.42. The van der Waals surface area contributed by atoms with Crippen molar-refractivity contribution >= 4 is 0 Å². The molecular weight excluding hydrogens is 312 g/mol. The number of hydrogen-bond donors (Lipinski definition) is 0. The van der Waals surface area contributed by atoms with Gasteiger partial charge in [-0.25, -0.2) is 0 Å². The van der Waals surface area contributed by atoms with Crippen LogP contribution >= 0.6 is 0 Å². The molecular formula is C21H28N2O2. The van der Waals surface area contributed by atoms with Gasteiger partial charge in [0.1, 0.15) is 0 Å². The van der Waals surface area contributed by atoms with Crippen LogP contribution in [0.2, 0.25) is 0 Å². The number of ether oxygens (including phenoxy) is 2. The van der Waals surface area contributed by atoms with Gasteiger partial charge in [-0.2, -0.15) is 0 Å². The van der Waals surface area contributed by atoms with Crippen LogP contribution in [-0.4, -0.2) is 50.2 Å². The summed E-state index contributed by atoms with van der Waals surface area (Å²) in [5, 5.41) is 0. The first-order valence-corrected chi connectivity index (χ1v) is 8.89. The lowest BCUT2D eigenvalue weighted by Gasteiger charge is -2.34. The second-order valence-corrected chi connectivity index (χ2v) is 6.73. The SMILES string of the molecule is COc1ccc(CN2CCN(Cc3cccc(C)c3)CC2)cc1OC. The van der Waals surface area contributed by atoms with E-state index in [4.69, 9.17) is 9.47 Å². The van der Waals surface area contributed by atoms with E-state index >= 15 is 0 Å². The van der Waals surface area contributed by atoms with Crippen molar-refractivity contribution in [2.24, 2.45) is 0 Å². The average Bonchev–Trinajstić information content (AvgIpc) is 2.63. The Kier molecular flexibility index (Phi) is 5.95. The lowest BCUT2D eigenvalue weighted by Crippen LogP contribution is -2.45. The molecule has 1 saturated heterocycles. The predicted molar refractivity (Wildman–Crippen MR) is 101 cm³/mol. The van der Waals surface area contributed by atoms with Crippen LogP contribution in [0.15, 0.2) is 42.5 Å². The number of methoxy groups -OCH3 is 2. The molecule has 0 atom stereocenters. The van der Waals surface area contributed by atoms with Gasteiger partial charge in [-0.1, -0.05) is 35.9 Å². The second kappa shape index (κ2) is 8.37. The van der Waals surface area contributed by atoms with Crippen LogP contribution < -0.4 is 9.47 Å². The van der Waals surface area contributed by atoms with Crippen LogP contribution in [0.5, 0.6) is 11.5 Å². The van der Waals surface area contributed by atoms with Crippen molar-refractivity contribution in [3.8, 4) is 11.5 Å². The Morgan fingerprint density at radius 2 is 1.36 bits per heavy atom. The Morgan fingerprint density at radius 3 is 1.92 bits per heavy atom. The number of rotatable bonds is 6. The third kappa shape index (κ3) is 4.74. The maximum Gasteiger partial charge on any atom is 0.161 e. The minimum Gasteiger partial charge on any atom is -0.493 e. The Labute approximate surface area is 151 Å². The molecule has 1 aliphatic heterocycles. The molecule has 0 aliphatic carbocycles. The smallest absolute Gasteiger partial charge is 0.161 e. The number of aryl methyl sites for hydroxylation is 1. The van der Waals surface area contributed by atoms with Gasteiger partial charge in [0.25, 0.3) is 0 Å². The summed E-state index contributed by atoms with van der Waals surface area (Å²) in [6, 6.07) is 15.0. The van der Waals surface area contributed by atoms with Crippen molar-refractivity contribution in [3.05, 3.63) is 59.2 Å². The van der Waals surface area contributed by atoms with Gasteiger partial charge in [0.2, 0.25) is 0 Å². The van der Waals surface area contributed by atoms with Crippen molar-refractivity contribution < 1.29 is 9.47 Å². The molecule has 25 heavy (non-hydrogen) atoms. The van der Waals surface area contributed by atoms with Gasteiger partial charge in [-0.3, -0.25) is 9.80 Å². The molecule has 0 aromatic heterocycles. The second-order valence-electron chi connectivity index (χ2n) is 6.73. The fraction of sp³-hybridized carbons (Fsp3) is 0.429. The van der Waals surface area contributed by atoms with E-state index in [1.54, 1.807) is 14.2 Å². The monoisotopic (exact) mass is 340 g/mol. The summed E-state index contributed by atoms with van der Waals surface area (Å²) in [6.45, 7) is 8.58. The van der Waals surface area contributed by atoms with Crippen molar-refractivity contribution in [1.82, 2.24) is 9.80 Å². The Hall–Kier alpha value is -2.04. The molecule has 0 spiro atoms. The van der Waals surface area contributed by atoms with Crippen LogP contribution in [0.3, 0.4) is 0 Å². The van der Waals surface area contributed by atoms with Gasteiger partial charge in [-0.05, 0) is 30.2 Å². The maximum absolute atomic E-state index is 5.41. The van der Waals surface area contributed by atoms with Crippen LogP contribution in [0, 0.1) is 6.92 Å². The first-order valence-electron chi connectivity index (χ1n) is 8.89. The van der Waals surface area contributed by atoms with Crippen LogP contribution in [-0.2, 0) is 13.1 Å². The number of nitrogens with zero attached hydrogens (tertiary/aromatic N) is 2. The van der Waals surface area contributed by atoms with Crippen LogP contribution in [0.25, 0.3) is 0 Å². The van der Waals surface area contributed by atoms with Crippen molar-refractivity contribution in [2.45, 2.75) is 20.0 Å². The molecule has 2 aromatic rings. The van der Waals surface area contributed by atoms with E-state index in [0.717, 1.165) is 50.8 Å². The van der Waals surface area contributed by atoms with Crippen molar-refractivity contribution in [2.75, 3.05) is 40.4 Å². The summed E-state index contributed by atoms with van der Waals surface area (Å²) in [4.78, 5) is 5.05. The zero-order chi connectivity index (χ0) is 17.6. The summed E-state index contributed by atoms with van der Waals surface area (Å²) >= 11 is 0. The molecule has 1 heterocycles. The van der Waals surface area contributed by atoms with Gasteiger partial charge < -0.3 is 9.47 Å². The lowest BCUT2D eigenvalue weighted by atomic mass is 10.1. The number of piperazine rings is 1. The molecule has 0 bridgehead atoms. The van der Waals surface area contributed by atoms with Gasteiger partial charge in [0.05, 0.1) is 14.2 Å². The first-order chi connectivity index (χ1) is 12.2. The molecule has 1 fully saturated rings. The molecule has 0 unspecified atom stereocenters. The maximum atomic E-state index is 5.41. The van der Waals surface area contributed by atoms with E-state index in [1.807, 2.05) is 6.07 Å². The van der Waals surface area contributed by atoms with E-state index in [0.29, 0.717) is 0 Å². The third-order valence-electron chi connectivity index (χ3n) is 4.81. The summed E-state index contributed by atoms with van der Waals surface area (Å²) in [5.41, 5.74) is 4.02. The first kappa shape index (κ1) is 17.8. The standard InChI is InChI=1S/C21H28N2O2/c1-17-5-4-6-18(13-17)15-22-9-11-23(12-10-22)16-19-7-8-20(24-2)21(14-19)25-3/h4-8,13-14H,9-12,15-16H2,1-3H3. The van der Waals surface area contributed by atoms with Crippen molar-refractivity contribution in [1.29, 1.82) is 0 Å². The Bertz CT molecular complexity index is 694. The Balaban J connectivity index is 1.52. The quantitative estimate of drug-likeness (QED) is 0.805. The number of hydrogen-bond acceptors (Lipinski definition) is 4. The van der Waals surface area contributed by atoms with E-state index in [-0.39, 0.29) is 0 Å². The molecule has 4 heteroatoms. The minimum atomic E-state index is 0.786. The summed E-state index contributed by atoms with van der Waals surface area (Å²) < 4.78 is 10.7. The van der Waals surface area contributed by atoms with E-state index in [1.165, 1.54) is 16.7 Å². The molecule has 0 saturated carbocycles. The van der Waals surface area contributed by atoms with Crippen LogP contribution in [0.1, 0.15) is 16.7 Å². The molecule has 0 amide bonds. The zero-order valence-corrected chi connectivity index (χ0v) is 15.5. The Morgan fingerprint density at radius 1 is 0.760 bits per heavy atom. The third-order valence-corrected chi connectivity index (χ3v) is 4.81. The topological polar surface area (TPSA) is 24.9 Å². The molecule has 2 aromatic carbocycles. The van der Waals surface area contributed by atoms with E-state index < -0.39 is 0 Å².